The van der Waals surface area contributed by atoms with Gasteiger partial charge in [-0.1, -0.05) is 38.7 Å². The van der Waals surface area contributed by atoms with Crippen LogP contribution in [0.25, 0.3) is 0 Å². The molecule has 4 aliphatic carbocycles. The highest BCUT2D eigenvalue weighted by Gasteiger charge is 2.57. The number of ketones is 1. The van der Waals surface area contributed by atoms with Crippen LogP contribution in [0.2, 0.25) is 0 Å². The fourth-order valence-corrected chi connectivity index (χ4v) is 7.32. The second-order valence-electron chi connectivity index (χ2n) is 9.37. The minimum atomic E-state index is 0.357. The molecule has 0 amide bonds. The molecule has 1 heteroatoms. The molecule has 0 aromatic heterocycles. The van der Waals surface area contributed by atoms with Crippen LogP contribution >= 0.6 is 0 Å². The van der Waals surface area contributed by atoms with Crippen LogP contribution < -0.4 is 0 Å². The number of rotatable bonds is 3. The molecule has 5 atom stereocenters. The van der Waals surface area contributed by atoms with Gasteiger partial charge >= 0.3 is 0 Å². The van der Waals surface area contributed by atoms with Gasteiger partial charge in [0.1, 0.15) is 0 Å². The molecule has 23 heavy (non-hydrogen) atoms. The molecule has 0 bridgehead atoms. The van der Waals surface area contributed by atoms with Crippen molar-refractivity contribution in [1.29, 1.82) is 0 Å². The zero-order chi connectivity index (χ0) is 16.1. The highest BCUT2D eigenvalue weighted by molar-refractivity contribution is 5.91. The van der Waals surface area contributed by atoms with Crippen LogP contribution in [-0.4, -0.2) is 5.78 Å². The van der Waals surface area contributed by atoms with Gasteiger partial charge in [-0.2, -0.15) is 0 Å². The molecule has 0 heterocycles. The van der Waals surface area contributed by atoms with Gasteiger partial charge in [0, 0.05) is 6.42 Å². The molecule has 0 radical (unpaired) electrons. The number of carbonyl (C=O) groups excluding carboxylic acids is 1. The standard InChI is InChI=1S/C22H34O/c1-3-4-11-22-12-5-6-20(22)18-8-7-16-15-17(23)9-13-21(16,2)19(18)10-14-22/h15,18-20H,3-14H2,1-2H3/t18-,19+,20+,21+,22+/m1/s1. The summed E-state index contributed by atoms with van der Waals surface area (Å²) in [5.41, 5.74) is 2.59. The maximum absolute atomic E-state index is 11.9. The lowest BCUT2D eigenvalue weighted by atomic mass is 9.47. The Morgan fingerprint density at radius 3 is 2.78 bits per heavy atom. The first-order valence-electron chi connectivity index (χ1n) is 10.3. The SMILES string of the molecule is CCCC[C@@]12CCC[C@H]1[C@@H]1CCC3=CC(=O)CC[C@]3(C)[C@H]1CC2. The molecule has 3 fully saturated rings. The van der Waals surface area contributed by atoms with Crippen molar-refractivity contribution in [3.8, 4) is 0 Å². The summed E-state index contributed by atoms with van der Waals surface area (Å²) in [6.45, 7) is 4.86. The third-order valence-corrected chi connectivity index (χ3v) is 8.52. The van der Waals surface area contributed by atoms with Crippen molar-refractivity contribution < 1.29 is 4.79 Å². The van der Waals surface area contributed by atoms with Crippen LogP contribution in [0.4, 0.5) is 0 Å². The molecule has 0 unspecified atom stereocenters. The predicted molar refractivity (Wildman–Crippen MR) is 95.2 cm³/mol. The van der Waals surface area contributed by atoms with E-state index in [-0.39, 0.29) is 0 Å². The van der Waals surface area contributed by atoms with Crippen molar-refractivity contribution in [1.82, 2.24) is 0 Å². The van der Waals surface area contributed by atoms with Crippen molar-refractivity contribution in [3.05, 3.63) is 11.6 Å². The van der Waals surface area contributed by atoms with E-state index < -0.39 is 0 Å². The molecule has 4 rings (SSSR count). The maximum Gasteiger partial charge on any atom is 0.155 e. The Morgan fingerprint density at radius 2 is 1.96 bits per heavy atom. The molecule has 4 aliphatic rings. The Labute approximate surface area is 142 Å². The molecule has 128 valence electrons. The zero-order valence-electron chi connectivity index (χ0n) is 15.2. The van der Waals surface area contributed by atoms with E-state index in [1.165, 1.54) is 69.8 Å². The quantitative estimate of drug-likeness (QED) is 0.617. The van der Waals surface area contributed by atoms with E-state index in [1.54, 1.807) is 0 Å². The van der Waals surface area contributed by atoms with Crippen molar-refractivity contribution in [2.45, 2.75) is 90.9 Å². The zero-order valence-corrected chi connectivity index (χ0v) is 15.2. The Kier molecular flexibility index (Phi) is 3.97. The number of carbonyl (C=O) groups is 1. The molecule has 0 aliphatic heterocycles. The number of unbranched alkanes of at least 4 members (excludes halogenated alkanes) is 1. The molecule has 0 saturated heterocycles. The van der Waals surface area contributed by atoms with E-state index in [4.69, 9.17) is 0 Å². The van der Waals surface area contributed by atoms with E-state index in [1.807, 2.05) is 6.08 Å². The Morgan fingerprint density at radius 1 is 1.09 bits per heavy atom. The molecule has 1 nitrogen and oxygen atoms in total. The van der Waals surface area contributed by atoms with Gasteiger partial charge in [0.15, 0.2) is 5.78 Å². The lowest BCUT2D eigenvalue weighted by Gasteiger charge is -2.58. The van der Waals surface area contributed by atoms with Gasteiger partial charge in [0.25, 0.3) is 0 Å². The summed E-state index contributed by atoms with van der Waals surface area (Å²) in [5.74, 6) is 3.22. The van der Waals surface area contributed by atoms with Crippen molar-refractivity contribution in [2.75, 3.05) is 0 Å². The minimum absolute atomic E-state index is 0.357. The van der Waals surface area contributed by atoms with Crippen molar-refractivity contribution in [2.24, 2.45) is 28.6 Å². The Balaban J connectivity index is 1.62. The summed E-state index contributed by atoms with van der Waals surface area (Å²) in [7, 11) is 0. The molecular weight excluding hydrogens is 280 g/mol. The second-order valence-corrected chi connectivity index (χ2v) is 9.37. The normalized spacial score (nSPS) is 45.9. The topological polar surface area (TPSA) is 17.1 Å². The first-order valence-corrected chi connectivity index (χ1v) is 10.3. The average Bonchev–Trinajstić information content (AvgIpc) is 2.98. The Hall–Kier alpha value is -0.590. The van der Waals surface area contributed by atoms with Gasteiger partial charge in [0.05, 0.1) is 0 Å². The largest absolute Gasteiger partial charge is 0.295 e. The minimum Gasteiger partial charge on any atom is -0.295 e. The summed E-state index contributed by atoms with van der Waals surface area (Å²) in [5, 5.41) is 0. The van der Waals surface area contributed by atoms with Crippen molar-refractivity contribution in [3.63, 3.8) is 0 Å². The summed E-state index contributed by atoms with van der Waals surface area (Å²) in [6.07, 6.45) is 18.3. The third-order valence-electron chi connectivity index (χ3n) is 8.52. The maximum atomic E-state index is 11.9. The third kappa shape index (κ3) is 2.36. The van der Waals surface area contributed by atoms with Crippen LogP contribution in [0.15, 0.2) is 11.6 Å². The predicted octanol–water partition coefficient (Wildman–Crippen LogP) is 6.08. The fourth-order valence-electron chi connectivity index (χ4n) is 7.32. The van der Waals surface area contributed by atoms with Crippen LogP contribution in [-0.2, 0) is 4.79 Å². The van der Waals surface area contributed by atoms with Crippen LogP contribution in [0.3, 0.4) is 0 Å². The van der Waals surface area contributed by atoms with E-state index in [2.05, 4.69) is 13.8 Å². The van der Waals surface area contributed by atoms with Crippen molar-refractivity contribution >= 4 is 5.78 Å². The van der Waals surface area contributed by atoms with Gasteiger partial charge in [-0.15, -0.1) is 0 Å². The number of hydrogen-bond donors (Lipinski definition) is 0. The van der Waals surface area contributed by atoms with Crippen LogP contribution in [0, 0.1) is 28.6 Å². The van der Waals surface area contributed by atoms with Crippen LogP contribution in [0.1, 0.15) is 90.9 Å². The van der Waals surface area contributed by atoms with E-state index >= 15 is 0 Å². The highest BCUT2D eigenvalue weighted by Crippen LogP contribution is 2.66. The average molecular weight is 315 g/mol. The number of allylic oxidation sites excluding steroid dienone is 1. The molecule has 0 aromatic rings. The lowest BCUT2D eigenvalue weighted by Crippen LogP contribution is -2.50. The fraction of sp³-hybridized carbons (Fsp3) is 0.864. The molecule has 0 spiro atoms. The Bertz CT molecular complexity index is 518. The summed E-state index contributed by atoms with van der Waals surface area (Å²) in [6, 6.07) is 0. The first-order chi connectivity index (χ1) is 11.1. The second kappa shape index (κ2) is 5.74. The van der Waals surface area contributed by atoms with Gasteiger partial charge < -0.3 is 0 Å². The van der Waals surface area contributed by atoms with E-state index in [9.17, 15) is 4.79 Å². The van der Waals surface area contributed by atoms with E-state index in [0.29, 0.717) is 16.6 Å². The highest BCUT2D eigenvalue weighted by atomic mass is 16.1. The number of hydrogen-bond acceptors (Lipinski definition) is 1. The van der Waals surface area contributed by atoms with Gasteiger partial charge in [0.2, 0.25) is 0 Å². The monoisotopic (exact) mass is 314 g/mol. The lowest BCUT2D eigenvalue weighted by molar-refractivity contribution is -0.117. The van der Waals surface area contributed by atoms with E-state index in [0.717, 1.165) is 30.6 Å². The van der Waals surface area contributed by atoms with Crippen LogP contribution in [0.5, 0.6) is 0 Å². The summed E-state index contributed by atoms with van der Waals surface area (Å²) < 4.78 is 0. The van der Waals surface area contributed by atoms with Gasteiger partial charge in [-0.25, -0.2) is 0 Å². The smallest absolute Gasteiger partial charge is 0.155 e. The molecule has 3 saturated carbocycles. The summed E-state index contributed by atoms with van der Waals surface area (Å²) >= 11 is 0. The summed E-state index contributed by atoms with van der Waals surface area (Å²) in [4.78, 5) is 11.9. The first kappa shape index (κ1) is 15.9. The van der Waals surface area contributed by atoms with Gasteiger partial charge in [-0.3, -0.25) is 4.79 Å². The molecule has 0 N–H and O–H groups in total. The molecular formula is C22H34O. The molecule has 0 aromatic carbocycles. The van der Waals surface area contributed by atoms with Gasteiger partial charge in [-0.05, 0) is 86.0 Å². The number of fused-ring (bicyclic) bond motifs is 5.